The molecule has 4 atom stereocenters. The van der Waals surface area contributed by atoms with Crippen molar-refractivity contribution in [1.29, 1.82) is 0 Å². The molecule has 4 heteroatoms. The van der Waals surface area contributed by atoms with E-state index in [-0.39, 0.29) is 32.5 Å². The second-order valence-electron chi connectivity index (χ2n) is 26.5. The van der Waals surface area contributed by atoms with E-state index < -0.39 is 0 Å². The van der Waals surface area contributed by atoms with Gasteiger partial charge in [0.25, 0.3) is 0 Å². The molecule has 3 nitrogen and oxygen atoms in total. The third-order valence-electron chi connectivity index (χ3n) is 18.2. The Bertz CT molecular complexity index is 2750. The number of hydrogen-bond donors (Lipinski definition) is 1. The lowest BCUT2D eigenvalue weighted by Crippen LogP contribution is -2.42. The molecule has 4 aliphatic carbocycles. The first kappa shape index (κ1) is 51.7. The van der Waals surface area contributed by atoms with Crippen LogP contribution in [-0.2, 0) is 16.2 Å². The van der Waals surface area contributed by atoms with Crippen molar-refractivity contribution in [2.24, 2.45) is 39.9 Å². The highest BCUT2D eigenvalue weighted by molar-refractivity contribution is 6.65. The molecule has 8 rings (SSSR count). The van der Waals surface area contributed by atoms with Gasteiger partial charge in [-0.15, -0.1) is 6.58 Å². The summed E-state index contributed by atoms with van der Waals surface area (Å²) in [6, 6.07) is 23.2. The smallest absolute Gasteiger partial charge is 0.199 e. The second kappa shape index (κ2) is 19.1. The molecule has 1 N–H and O–H groups in total. The summed E-state index contributed by atoms with van der Waals surface area (Å²) in [5.74, 6) is 1.82. The Balaban J connectivity index is 1.35. The second-order valence-corrected chi connectivity index (χ2v) is 26.5. The first-order chi connectivity index (χ1) is 32.8. The zero-order valence-corrected chi connectivity index (χ0v) is 46.4. The molecule has 0 aliphatic heterocycles. The highest BCUT2D eigenvalue weighted by Crippen LogP contribution is 2.56. The molecule has 4 unspecified atom stereocenters. The lowest BCUT2D eigenvalue weighted by atomic mass is 9.52. The summed E-state index contributed by atoms with van der Waals surface area (Å²) >= 11 is 0. The maximum Gasteiger partial charge on any atom is 0.199 e. The van der Waals surface area contributed by atoms with E-state index in [2.05, 4.69) is 232 Å². The van der Waals surface area contributed by atoms with Crippen molar-refractivity contribution < 1.29 is 4.42 Å². The topological polar surface area (TPSA) is 28.4 Å². The average molecular weight is 936 g/mol. The molecule has 4 aliphatic rings. The first-order valence-corrected chi connectivity index (χ1v) is 27.0. The van der Waals surface area contributed by atoms with E-state index >= 15 is 0 Å². The van der Waals surface area contributed by atoms with E-state index in [4.69, 9.17) is 4.42 Å². The SMILES string of the molecule is C=CC1C(/C=C/NC/C=C(\C=C/C)N(C2=C([B]c3coc4cc5c(cc34)C(C)(C)CCC5(C)C)C(C)=C3C(C2)C(C)CCC3(C)C)c2ccc(C(C)(C)C)cc2-c2ccccc2)C(C)(C)CCC1(C)C. The van der Waals surface area contributed by atoms with Crippen LogP contribution in [-0.4, -0.2) is 13.8 Å². The van der Waals surface area contributed by atoms with Crippen molar-refractivity contribution in [2.75, 3.05) is 11.4 Å². The summed E-state index contributed by atoms with van der Waals surface area (Å²) in [5, 5.41) is 5.01. The van der Waals surface area contributed by atoms with Crippen molar-refractivity contribution in [2.45, 2.75) is 172 Å². The largest absolute Gasteiger partial charge is 0.465 e. The van der Waals surface area contributed by atoms with Gasteiger partial charge in [-0.2, -0.15) is 0 Å². The lowest BCUT2D eigenvalue weighted by molar-refractivity contribution is 0.0345. The third kappa shape index (κ3) is 9.81. The Kier molecular flexibility index (Phi) is 14.1. The minimum absolute atomic E-state index is 0.0243. The van der Waals surface area contributed by atoms with Gasteiger partial charge in [-0.1, -0.05) is 168 Å². The third-order valence-corrected chi connectivity index (χ3v) is 18.2. The van der Waals surface area contributed by atoms with Gasteiger partial charge in [0.15, 0.2) is 7.28 Å². The molecule has 70 heavy (non-hydrogen) atoms. The van der Waals surface area contributed by atoms with Gasteiger partial charge in [-0.25, -0.2) is 0 Å². The van der Waals surface area contributed by atoms with Gasteiger partial charge in [0.05, 0.1) is 12.0 Å². The summed E-state index contributed by atoms with van der Waals surface area (Å²) < 4.78 is 6.64. The maximum atomic E-state index is 6.64. The van der Waals surface area contributed by atoms with Gasteiger partial charge in [0, 0.05) is 28.9 Å². The van der Waals surface area contributed by atoms with Gasteiger partial charge in [0.1, 0.15) is 5.58 Å². The summed E-state index contributed by atoms with van der Waals surface area (Å²) in [7, 11) is 2.51. The van der Waals surface area contributed by atoms with Crippen LogP contribution in [0.5, 0.6) is 0 Å². The summed E-state index contributed by atoms with van der Waals surface area (Å²) in [5.41, 5.74) is 17.6. The molecular weight excluding hydrogens is 848 g/mol. The normalized spacial score (nSPS) is 25.0. The Labute approximate surface area is 426 Å². The highest BCUT2D eigenvalue weighted by Gasteiger charge is 2.46. The lowest BCUT2D eigenvalue weighted by Gasteiger charge is -2.50. The number of fused-ring (bicyclic) bond motifs is 3. The zero-order valence-electron chi connectivity index (χ0n) is 46.4. The number of allylic oxidation sites excluding steroid dienone is 8. The van der Waals surface area contributed by atoms with Crippen LogP contribution in [0.2, 0.25) is 0 Å². The van der Waals surface area contributed by atoms with Crippen LogP contribution >= 0.6 is 0 Å². The first-order valence-electron chi connectivity index (χ1n) is 27.0. The minimum Gasteiger partial charge on any atom is -0.465 e. The van der Waals surface area contributed by atoms with Crippen molar-refractivity contribution in [3.05, 3.63) is 155 Å². The predicted molar refractivity (Wildman–Crippen MR) is 304 cm³/mol. The Morgan fingerprint density at radius 3 is 2.13 bits per heavy atom. The van der Waals surface area contributed by atoms with Crippen LogP contribution in [0.15, 0.2) is 143 Å². The van der Waals surface area contributed by atoms with Crippen LogP contribution in [0, 0.1) is 39.9 Å². The zero-order chi connectivity index (χ0) is 50.8. The molecule has 2 saturated carbocycles. The van der Waals surface area contributed by atoms with Gasteiger partial charge in [-0.3, -0.25) is 0 Å². The van der Waals surface area contributed by atoms with Crippen molar-refractivity contribution in [1.82, 2.24) is 5.32 Å². The molecule has 1 radical (unpaired) electrons. The minimum atomic E-state index is -0.0243. The molecule has 0 saturated heterocycles. The molecule has 0 bridgehead atoms. The fourth-order valence-corrected chi connectivity index (χ4v) is 13.3. The van der Waals surface area contributed by atoms with E-state index in [1.807, 2.05) is 6.26 Å². The standard InChI is InChI=1S/C66H88BN2O/c1-18-23-47(29-36-68-37-30-52-51(19-2)62(8,9)32-33-63(52,10)11)69(56-27-26-46(61(5,6)7)38-49(56)45-24-21-20-22-25-45)57-40-48-43(3)28-31-66(16,17)59(48)44(4)60(57)67-55-42-70-58-41-54-53(39-50(55)58)64(12,13)34-35-65(54,14)15/h18-27,29-30,37-39,41-43,48,51-52,68H,2,28,31-36,40H2,1,3-17H3/b23-18-,37-30+,47-29+. The highest BCUT2D eigenvalue weighted by atomic mass is 16.3. The van der Waals surface area contributed by atoms with E-state index in [0.29, 0.717) is 30.2 Å². The average Bonchev–Trinajstić information content (AvgIpc) is 3.70. The van der Waals surface area contributed by atoms with E-state index in [9.17, 15) is 0 Å². The summed E-state index contributed by atoms with van der Waals surface area (Å²) in [4.78, 5) is 2.66. The van der Waals surface area contributed by atoms with E-state index in [0.717, 1.165) is 17.5 Å². The number of nitrogens with zero attached hydrogens (tertiary/aromatic N) is 1. The summed E-state index contributed by atoms with van der Waals surface area (Å²) in [6.45, 7) is 43.6. The molecule has 4 aromatic rings. The van der Waals surface area contributed by atoms with Crippen molar-refractivity contribution in [3.63, 3.8) is 0 Å². The molecule has 0 spiro atoms. The van der Waals surface area contributed by atoms with Gasteiger partial charge in [-0.05, 0) is 185 Å². The van der Waals surface area contributed by atoms with Crippen LogP contribution in [0.25, 0.3) is 22.1 Å². The van der Waals surface area contributed by atoms with Crippen LogP contribution in [0.4, 0.5) is 5.69 Å². The fraction of sp³-hybridized carbons (Fsp3) is 0.515. The molecule has 371 valence electrons. The Morgan fingerprint density at radius 2 is 1.49 bits per heavy atom. The van der Waals surface area contributed by atoms with Crippen molar-refractivity contribution >= 4 is 29.4 Å². The fourth-order valence-electron chi connectivity index (χ4n) is 13.3. The molecule has 3 aromatic carbocycles. The van der Waals surface area contributed by atoms with E-state index in [1.54, 1.807) is 5.57 Å². The number of furan rings is 1. The number of anilines is 1. The van der Waals surface area contributed by atoms with Gasteiger partial charge in [0.2, 0.25) is 0 Å². The van der Waals surface area contributed by atoms with Crippen molar-refractivity contribution in [3.8, 4) is 11.1 Å². The Morgan fingerprint density at radius 1 is 0.829 bits per heavy atom. The molecular formula is C66H88BN2O. The van der Waals surface area contributed by atoms with Crippen LogP contribution < -0.4 is 15.7 Å². The predicted octanol–water partition coefficient (Wildman–Crippen LogP) is 17.4. The number of hydrogen-bond acceptors (Lipinski definition) is 3. The monoisotopic (exact) mass is 936 g/mol. The number of nitrogens with one attached hydrogen (secondary N) is 1. The Hall–Kier alpha value is -4.70. The molecule has 0 amide bonds. The van der Waals surface area contributed by atoms with E-state index in [1.165, 1.54) is 99.9 Å². The molecule has 1 aromatic heterocycles. The van der Waals surface area contributed by atoms with Gasteiger partial charge < -0.3 is 14.6 Å². The molecule has 2 fully saturated rings. The van der Waals surface area contributed by atoms with Crippen LogP contribution in [0.3, 0.4) is 0 Å². The quantitative estimate of drug-likeness (QED) is 0.0664. The number of rotatable bonds is 12. The summed E-state index contributed by atoms with van der Waals surface area (Å²) in [6.07, 6.45) is 24.1. The molecule has 1 heterocycles. The van der Waals surface area contributed by atoms with Gasteiger partial charge >= 0.3 is 0 Å². The maximum absolute atomic E-state index is 6.64. The van der Waals surface area contributed by atoms with Crippen LogP contribution in [0.1, 0.15) is 172 Å². The number of benzene rings is 3.